The molecular formula is C12H26. The molecule has 0 aromatic carbocycles. The van der Waals surface area contributed by atoms with Crippen LogP contribution < -0.4 is 0 Å². The molecule has 2 unspecified atom stereocenters. The lowest BCUT2D eigenvalue weighted by atomic mass is 10.1. The predicted octanol–water partition coefficient (Wildman–Crippen LogP) is 4.66. The van der Waals surface area contributed by atoms with Crippen LogP contribution in [0, 0.1) is 11.8 Å². The molecule has 12 heavy (non-hydrogen) atoms. The second-order valence-electron chi connectivity index (χ2n) is 3.10. The summed E-state index contributed by atoms with van der Waals surface area (Å²) in [6.07, 6.45) is 2.62. The summed E-state index contributed by atoms with van der Waals surface area (Å²) in [5.41, 5.74) is 1.46. The van der Waals surface area contributed by atoms with E-state index in [1.807, 2.05) is 27.7 Å². The number of allylic oxidation sites excluding steroid dienone is 1. The van der Waals surface area contributed by atoms with E-state index in [-0.39, 0.29) is 0 Å². The highest BCUT2D eigenvalue weighted by molar-refractivity contribution is 5.05. The molecule has 0 saturated heterocycles. The lowest BCUT2D eigenvalue weighted by molar-refractivity contribution is 0.563. The van der Waals surface area contributed by atoms with Crippen LogP contribution in [-0.4, -0.2) is 0 Å². The molecule has 0 aliphatic heterocycles. The van der Waals surface area contributed by atoms with Gasteiger partial charge in [0.1, 0.15) is 0 Å². The molecule has 1 aliphatic carbocycles. The predicted molar refractivity (Wildman–Crippen MR) is 59.4 cm³/mol. The van der Waals surface area contributed by atoms with E-state index >= 15 is 0 Å². The van der Waals surface area contributed by atoms with E-state index < -0.39 is 0 Å². The fraction of sp³-hybridized carbons (Fsp3) is 0.833. The SMILES string of the molecule is C=C1CC(C)CC1C.CC.CC. The molecule has 2 atom stereocenters. The Morgan fingerprint density at radius 1 is 1.08 bits per heavy atom. The van der Waals surface area contributed by atoms with Crippen molar-refractivity contribution in [1.82, 2.24) is 0 Å². The summed E-state index contributed by atoms with van der Waals surface area (Å²) < 4.78 is 0. The fourth-order valence-electron chi connectivity index (χ4n) is 1.50. The van der Waals surface area contributed by atoms with E-state index in [1.165, 1.54) is 18.4 Å². The van der Waals surface area contributed by atoms with Crippen molar-refractivity contribution in [1.29, 1.82) is 0 Å². The zero-order chi connectivity index (χ0) is 10.1. The van der Waals surface area contributed by atoms with E-state index in [1.54, 1.807) is 0 Å². The van der Waals surface area contributed by atoms with Gasteiger partial charge in [0.25, 0.3) is 0 Å². The third kappa shape index (κ3) is 5.40. The molecule has 0 radical (unpaired) electrons. The Kier molecular flexibility index (Phi) is 10.5. The summed E-state index contributed by atoms with van der Waals surface area (Å²) in [4.78, 5) is 0. The second-order valence-corrected chi connectivity index (χ2v) is 3.10. The topological polar surface area (TPSA) is 0 Å². The van der Waals surface area contributed by atoms with Gasteiger partial charge in [0.05, 0.1) is 0 Å². The van der Waals surface area contributed by atoms with Gasteiger partial charge in [0, 0.05) is 0 Å². The Balaban J connectivity index is 0. The maximum absolute atomic E-state index is 3.99. The summed E-state index contributed by atoms with van der Waals surface area (Å²) in [5, 5.41) is 0. The summed E-state index contributed by atoms with van der Waals surface area (Å²) in [6, 6.07) is 0. The number of hydrogen-bond donors (Lipinski definition) is 0. The van der Waals surface area contributed by atoms with Crippen LogP contribution in [0.3, 0.4) is 0 Å². The van der Waals surface area contributed by atoms with Gasteiger partial charge < -0.3 is 0 Å². The van der Waals surface area contributed by atoms with Gasteiger partial charge in [0.2, 0.25) is 0 Å². The Bertz CT molecular complexity index is 103. The quantitative estimate of drug-likeness (QED) is 0.464. The first kappa shape index (κ1) is 14.3. The monoisotopic (exact) mass is 170 g/mol. The maximum Gasteiger partial charge on any atom is -0.0232 e. The van der Waals surface area contributed by atoms with E-state index in [0.29, 0.717) is 0 Å². The largest absolute Gasteiger partial charge is 0.0996 e. The molecule has 0 spiro atoms. The van der Waals surface area contributed by atoms with Crippen molar-refractivity contribution in [3.05, 3.63) is 12.2 Å². The van der Waals surface area contributed by atoms with Crippen LogP contribution in [0.2, 0.25) is 0 Å². The van der Waals surface area contributed by atoms with E-state index in [9.17, 15) is 0 Å². The van der Waals surface area contributed by atoms with Crippen LogP contribution >= 0.6 is 0 Å². The van der Waals surface area contributed by atoms with Gasteiger partial charge in [0.15, 0.2) is 0 Å². The van der Waals surface area contributed by atoms with E-state index in [4.69, 9.17) is 0 Å². The number of rotatable bonds is 0. The molecule has 0 aromatic rings. The number of hydrogen-bond acceptors (Lipinski definition) is 0. The van der Waals surface area contributed by atoms with Gasteiger partial charge in [-0.25, -0.2) is 0 Å². The average molecular weight is 170 g/mol. The third-order valence-electron chi connectivity index (χ3n) is 2.06. The molecule has 1 saturated carbocycles. The molecule has 0 heteroatoms. The van der Waals surface area contributed by atoms with Crippen LogP contribution in [0.4, 0.5) is 0 Å². The molecule has 74 valence electrons. The lowest BCUT2D eigenvalue weighted by Gasteiger charge is -1.98. The van der Waals surface area contributed by atoms with Gasteiger partial charge >= 0.3 is 0 Å². The fourth-order valence-corrected chi connectivity index (χ4v) is 1.50. The lowest BCUT2D eigenvalue weighted by Crippen LogP contribution is -1.86. The Hall–Kier alpha value is -0.260. The Morgan fingerprint density at radius 3 is 1.58 bits per heavy atom. The minimum Gasteiger partial charge on any atom is -0.0996 e. The van der Waals surface area contributed by atoms with Gasteiger partial charge in [-0.3, -0.25) is 0 Å². The van der Waals surface area contributed by atoms with Crippen molar-refractivity contribution in [2.24, 2.45) is 11.8 Å². The summed E-state index contributed by atoms with van der Waals surface area (Å²) in [5.74, 6) is 1.70. The normalized spacial score (nSPS) is 26.7. The molecule has 0 heterocycles. The summed E-state index contributed by atoms with van der Waals surface area (Å²) in [6.45, 7) is 16.6. The molecular weight excluding hydrogens is 144 g/mol. The summed E-state index contributed by atoms with van der Waals surface area (Å²) in [7, 11) is 0. The maximum atomic E-state index is 3.99. The highest BCUT2D eigenvalue weighted by Gasteiger charge is 2.20. The highest BCUT2D eigenvalue weighted by atomic mass is 14.3. The molecule has 0 aromatic heterocycles. The molecule has 0 nitrogen and oxygen atoms in total. The first-order valence-electron chi connectivity index (χ1n) is 5.38. The Labute approximate surface area is 79.1 Å². The zero-order valence-corrected chi connectivity index (χ0v) is 9.78. The van der Waals surface area contributed by atoms with Crippen molar-refractivity contribution in [2.75, 3.05) is 0 Å². The molecule has 0 N–H and O–H groups in total. The van der Waals surface area contributed by atoms with Gasteiger partial charge in [-0.2, -0.15) is 0 Å². The first-order valence-corrected chi connectivity index (χ1v) is 5.38. The molecule has 1 fully saturated rings. The smallest absolute Gasteiger partial charge is 0.0232 e. The highest BCUT2D eigenvalue weighted by Crippen LogP contribution is 2.33. The summed E-state index contributed by atoms with van der Waals surface area (Å²) >= 11 is 0. The van der Waals surface area contributed by atoms with E-state index in [0.717, 1.165) is 11.8 Å². The van der Waals surface area contributed by atoms with Crippen LogP contribution in [0.25, 0.3) is 0 Å². The minimum absolute atomic E-state index is 0.796. The second kappa shape index (κ2) is 8.83. The van der Waals surface area contributed by atoms with Gasteiger partial charge in [-0.05, 0) is 24.7 Å². The average Bonchev–Trinajstić information content (AvgIpc) is 2.37. The molecule has 1 rings (SSSR count). The third-order valence-corrected chi connectivity index (χ3v) is 2.06. The van der Waals surface area contributed by atoms with Gasteiger partial charge in [-0.1, -0.05) is 53.7 Å². The van der Waals surface area contributed by atoms with Crippen LogP contribution in [0.5, 0.6) is 0 Å². The minimum atomic E-state index is 0.796. The van der Waals surface area contributed by atoms with Crippen molar-refractivity contribution in [3.8, 4) is 0 Å². The van der Waals surface area contributed by atoms with Crippen molar-refractivity contribution < 1.29 is 0 Å². The Morgan fingerprint density at radius 2 is 1.50 bits per heavy atom. The van der Waals surface area contributed by atoms with Crippen LogP contribution in [-0.2, 0) is 0 Å². The molecule has 0 bridgehead atoms. The zero-order valence-electron chi connectivity index (χ0n) is 9.78. The van der Waals surface area contributed by atoms with Crippen LogP contribution in [0.1, 0.15) is 54.4 Å². The van der Waals surface area contributed by atoms with Crippen molar-refractivity contribution in [3.63, 3.8) is 0 Å². The molecule has 0 amide bonds. The van der Waals surface area contributed by atoms with E-state index in [2.05, 4.69) is 20.4 Å². The van der Waals surface area contributed by atoms with Crippen molar-refractivity contribution in [2.45, 2.75) is 54.4 Å². The standard InChI is InChI=1S/C8H14.2C2H6/c1-6-4-7(2)8(3)5-6;2*1-2/h6,8H,2,4-5H2,1,3H3;2*1-2H3. The van der Waals surface area contributed by atoms with Gasteiger partial charge in [-0.15, -0.1) is 0 Å². The van der Waals surface area contributed by atoms with Crippen LogP contribution in [0.15, 0.2) is 12.2 Å². The molecule has 1 aliphatic rings. The van der Waals surface area contributed by atoms with Crippen molar-refractivity contribution >= 4 is 0 Å². The first-order chi connectivity index (χ1) is 5.70.